The van der Waals surface area contributed by atoms with Gasteiger partial charge in [-0.05, 0) is 46.8 Å². The molecule has 0 bridgehead atoms. The maximum Gasteiger partial charge on any atom is 0.128 e. The van der Waals surface area contributed by atoms with E-state index in [1.54, 1.807) is 0 Å². The molecule has 0 heterocycles. The zero-order valence-electron chi connectivity index (χ0n) is 12.1. The molecule has 1 unspecified atom stereocenters. The summed E-state index contributed by atoms with van der Waals surface area (Å²) >= 11 is 0. The Labute approximate surface area is 107 Å². The van der Waals surface area contributed by atoms with Crippen molar-refractivity contribution in [1.29, 1.82) is 5.41 Å². The summed E-state index contributed by atoms with van der Waals surface area (Å²) in [6.07, 6.45) is 3.75. The van der Waals surface area contributed by atoms with Gasteiger partial charge in [0.1, 0.15) is 7.34 Å². The first-order valence-electron chi connectivity index (χ1n) is 6.48. The zero-order valence-corrected chi connectivity index (χ0v) is 13.0. The minimum absolute atomic E-state index is 0.0267. The van der Waals surface area contributed by atoms with Crippen LogP contribution in [-0.4, -0.2) is 29.9 Å². The largest absolute Gasteiger partial charge is 0.334 e. The standard InChI is InChI=1S/C13H28NO2P/c1-7-8-9-17(13(6)10-14,15-11(2)3)16-12(4)5/h9-14H,7-8H2,1-6H3. The first-order valence-corrected chi connectivity index (χ1v) is 8.24. The van der Waals surface area contributed by atoms with Crippen molar-refractivity contribution in [3.8, 4) is 0 Å². The van der Waals surface area contributed by atoms with Crippen molar-refractivity contribution in [2.45, 2.75) is 72.3 Å². The van der Waals surface area contributed by atoms with E-state index in [2.05, 4.69) is 12.7 Å². The van der Waals surface area contributed by atoms with Crippen molar-refractivity contribution in [3.05, 3.63) is 0 Å². The molecule has 0 aliphatic carbocycles. The third-order valence-corrected chi connectivity index (χ3v) is 5.79. The molecule has 0 rings (SSSR count). The van der Waals surface area contributed by atoms with Crippen LogP contribution in [0.15, 0.2) is 0 Å². The van der Waals surface area contributed by atoms with E-state index in [1.165, 1.54) is 6.21 Å². The van der Waals surface area contributed by atoms with Gasteiger partial charge in [0, 0.05) is 6.21 Å². The Hall–Kier alpha value is -0.110. The Kier molecular flexibility index (Phi) is 8.02. The van der Waals surface area contributed by atoms with Crippen LogP contribution in [0.2, 0.25) is 0 Å². The van der Waals surface area contributed by atoms with Gasteiger partial charge < -0.3 is 14.5 Å². The van der Waals surface area contributed by atoms with Crippen LogP contribution in [0.25, 0.3) is 0 Å². The Morgan fingerprint density at radius 3 is 1.82 bits per heavy atom. The lowest BCUT2D eigenvalue weighted by Crippen LogP contribution is -2.18. The molecule has 0 aliphatic rings. The van der Waals surface area contributed by atoms with E-state index in [0.29, 0.717) is 0 Å². The molecule has 102 valence electrons. The molecule has 1 atom stereocenters. The third kappa shape index (κ3) is 5.85. The van der Waals surface area contributed by atoms with Crippen LogP contribution in [0.3, 0.4) is 0 Å². The topological polar surface area (TPSA) is 42.3 Å². The Morgan fingerprint density at radius 1 is 1.06 bits per heavy atom. The highest BCUT2D eigenvalue weighted by Gasteiger charge is 2.27. The van der Waals surface area contributed by atoms with Crippen molar-refractivity contribution in [2.75, 3.05) is 0 Å². The summed E-state index contributed by atoms with van der Waals surface area (Å²) in [5.41, 5.74) is 0.0267. The lowest BCUT2D eigenvalue weighted by molar-refractivity contribution is 0.172. The average Bonchev–Trinajstić information content (AvgIpc) is 2.23. The molecule has 0 saturated carbocycles. The molecule has 0 aromatic carbocycles. The van der Waals surface area contributed by atoms with Crippen LogP contribution in [0.4, 0.5) is 0 Å². The number of rotatable bonds is 8. The lowest BCUT2D eigenvalue weighted by atomic mass is 10.4. The number of hydrogen-bond acceptors (Lipinski definition) is 3. The second-order valence-corrected chi connectivity index (χ2v) is 7.72. The van der Waals surface area contributed by atoms with E-state index in [0.717, 1.165) is 12.8 Å². The van der Waals surface area contributed by atoms with Gasteiger partial charge in [0.2, 0.25) is 0 Å². The highest BCUT2D eigenvalue weighted by atomic mass is 31.2. The van der Waals surface area contributed by atoms with Gasteiger partial charge in [-0.2, -0.15) is 0 Å². The minimum atomic E-state index is -2.08. The normalized spacial score (nSPS) is 14.1. The van der Waals surface area contributed by atoms with Gasteiger partial charge in [-0.1, -0.05) is 13.3 Å². The average molecular weight is 261 g/mol. The van der Waals surface area contributed by atoms with Gasteiger partial charge >= 0.3 is 0 Å². The van der Waals surface area contributed by atoms with E-state index < -0.39 is 7.34 Å². The highest BCUT2D eigenvalue weighted by Crippen LogP contribution is 2.55. The van der Waals surface area contributed by atoms with Crippen LogP contribution >= 0.6 is 7.34 Å². The van der Waals surface area contributed by atoms with E-state index in [-0.39, 0.29) is 17.9 Å². The van der Waals surface area contributed by atoms with Gasteiger partial charge in [-0.3, -0.25) is 0 Å². The first-order chi connectivity index (χ1) is 7.88. The van der Waals surface area contributed by atoms with Crippen LogP contribution < -0.4 is 0 Å². The maximum atomic E-state index is 7.51. The fraction of sp³-hybridized carbons (Fsp3) is 0.846. The maximum absolute atomic E-state index is 7.51. The number of nitrogens with one attached hydrogen (secondary N) is 1. The van der Waals surface area contributed by atoms with Crippen LogP contribution in [0.5, 0.6) is 0 Å². The Balaban J connectivity index is 5.27. The van der Waals surface area contributed by atoms with Crippen LogP contribution in [0, 0.1) is 5.41 Å². The summed E-state index contributed by atoms with van der Waals surface area (Å²) < 4.78 is 12.2. The molecule has 0 spiro atoms. The zero-order chi connectivity index (χ0) is 13.5. The molecule has 4 heteroatoms. The highest BCUT2D eigenvalue weighted by molar-refractivity contribution is 7.67. The molecule has 1 N–H and O–H groups in total. The minimum Gasteiger partial charge on any atom is -0.334 e. The molecule has 17 heavy (non-hydrogen) atoms. The number of hydrogen-bond donors (Lipinski definition) is 1. The lowest BCUT2D eigenvalue weighted by Gasteiger charge is -2.33. The van der Waals surface area contributed by atoms with Gasteiger partial charge in [-0.15, -0.1) is 0 Å². The van der Waals surface area contributed by atoms with Crippen molar-refractivity contribution >= 4 is 19.4 Å². The van der Waals surface area contributed by atoms with Crippen molar-refractivity contribution in [1.82, 2.24) is 0 Å². The van der Waals surface area contributed by atoms with E-state index in [4.69, 9.17) is 14.5 Å². The Morgan fingerprint density at radius 2 is 1.53 bits per heavy atom. The quantitative estimate of drug-likeness (QED) is 0.522. The second-order valence-electron chi connectivity index (χ2n) is 4.83. The third-order valence-electron chi connectivity index (χ3n) is 2.23. The van der Waals surface area contributed by atoms with Gasteiger partial charge in [0.25, 0.3) is 0 Å². The predicted molar refractivity (Wildman–Crippen MR) is 78.6 cm³/mol. The fourth-order valence-corrected chi connectivity index (χ4v) is 4.62. The molecule has 0 saturated heterocycles. The van der Waals surface area contributed by atoms with Crippen LogP contribution in [0.1, 0.15) is 54.4 Å². The summed E-state index contributed by atoms with van der Waals surface area (Å²) in [4.78, 5) is 0. The van der Waals surface area contributed by atoms with Gasteiger partial charge in [0.05, 0.1) is 17.9 Å². The first kappa shape index (κ1) is 16.9. The summed E-state index contributed by atoms with van der Waals surface area (Å²) in [7, 11) is -2.08. The molecule has 0 amide bonds. The molecular formula is C13H28NO2P. The summed E-state index contributed by atoms with van der Waals surface area (Å²) in [5, 5.41) is 7.51. The second kappa shape index (κ2) is 8.07. The van der Waals surface area contributed by atoms with E-state index in [9.17, 15) is 0 Å². The van der Waals surface area contributed by atoms with Gasteiger partial charge in [0.15, 0.2) is 0 Å². The summed E-state index contributed by atoms with van der Waals surface area (Å²) in [6, 6.07) is 0. The van der Waals surface area contributed by atoms with Gasteiger partial charge in [-0.25, -0.2) is 0 Å². The van der Waals surface area contributed by atoms with E-state index in [1.807, 2.05) is 34.6 Å². The SMILES string of the molecule is CCCC=P(OC(C)C)(OC(C)C)C(C)C=N. The predicted octanol–water partition coefficient (Wildman–Crippen LogP) is 4.32. The smallest absolute Gasteiger partial charge is 0.128 e. The fourth-order valence-electron chi connectivity index (χ4n) is 1.54. The summed E-state index contributed by atoms with van der Waals surface area (Å²) in [5.74, 6) is 2.18. The van der Waals surface area contributed by atoms with Crippen molar-refractivity contribution < 1.29 is 9.05 Å². The molecule has 0 aliphatic heterocycles. The molecule has 0 aromatic rings. The molecular weight excluding hydrogens is 233 g/mol. The molecule has 0 aromatic heterocycles. The number of unbranched alkanes of at least 4 members (excludes halogenated alkanes) is 1. The molecule has 3 nitrogen and oxygen atoms in total. The van der Waals surface area contributed by atoms with Crippen LogP contribution in [-0.2, 0) is 9.05 Å². The van der Waals surface area contributed by atoms with E-state index >= 15 is 0 Å². The molecule has 0 fully saturated rings. The summed E-state index contributed by atoms with van der Waals surface area (Å²) in [6.45, 7) is 12.2. The van der Waals surface area contributed by atoms with Crippen molar-refractivity contribution in [3.63, 3.8) is 0 Å². The molecule has 0 radical (unpaired) electrons. The van der Waals surface area contributed by atoms with Crippen molar-refractivity contribution in [2.24, 2.45) is 0 Å². The Bertz CT molecular complexity index is 261. The monoisotopic (exact) mass is 261 g/mol.